The summed E-state index contributed by atoms with van der Waals surface area (Å²) in [6.07, 6.45) is 2.53. The van der Waals surface area contributed by atoms with Gasteiger partial charge >= 0.3 is 0 Å². The van der Waals surface area contributed by atoms with Crippen LogP contribution in [0.4, 0.5) is 0 Å². The Balaban J connectivity index is 1.92. The van der Waals surface area contributed by atoms with Crippen LogP contribution in [0.15, 0.2) is 16.7 Å². The van der Waals surface area contributed by atoms with Gasteiger partial charge in [-0.15, -0.1) is 11.3 Å². The number of rotatable bonds is 5. The fourth-order valence-electron chi connectivity index (χ4n) is 1.90. The Morgan fingerprint density at radius 1 is 1.52 bits per heavy atom. The van der Waals surface area contributed by atoms with Crippen molar-refractivity contribution in [3.8, 4) is 0 Å². The fourth-order valence-corrected chi connectivity index (χ4v) is 2.64. The van der Waals surface area contributed by atoms with Crippen LogP contribution in [-0.4, -0.2) is 44.7 Å². The van der Waals surface area contributed by atoms with E-state index in [1.165, 1.54) is 0 Å². The first kappa shape index (κ1) is 15.4. The van der Waals surface area contributed by atoms with Crippen molar-refractivity contribution in [2.75, 3.05) is 14.1 Å². The Labute approximate surface area is 128 Å². The van der Waals surface area contributed by atoms with Crippen LogP contribution in [0.25, 0.3) is 0 Å². The largest absolute Gasteiger partial charge is 0.351 e. The number of aryl methyl sites for hydroxylation is 2. The molecule has 0 saturated heterocycles. The smallest absolute Gasteiger partial charge is 0.194 e. The first-order valence-electron chi connectivity index (χ1n) is 6.82. The third-order valence-electron chi connectivity index (χ3n) is 3.09. The summed E-state index contributed by atoms with van der Waals surface area (Å²) in [6.45, 7) is 3.43. The van der Waals surface area contributed by atoms with Crippen molar-refractivity contribution in [3.05, 3.63) is 28.2 Å². The lowest BCUT2D eigenvalue weighted by atomic mass is 10.4. The van der Waals surface area contributed by atoms with Crippen LogP contribution in [0.1, 0.15) is 23.4 Å². The van der Waals surface area contributed by atoms with Gasteiger partial charge in [-0.3, -0.25) is 9.67 Å². The van der Waals surface area contributed by atoms with Gasteiger partial charge in [-0.25, -0.2) is 9.97 Å². The molecule has 0 atom stereocenters. The molecule has 114 valence electrons. The fraction of sp³-hybridized carbons (Fsp3) is 0.538. The van der Waals surface area contributed by atoms with Gasteiger partial charge in [0.1, 0.15) is 12.2 Å². The highest BCUT2D eigenvalue weighted by atomic mass is 32.1. The summed E-state index contributed by atoms with van der Waals surface area (Å²) in [5.74, 6) is 1.70. The molecule has 0 radical (unpaired) electrons. The molecule has 0 fully saturated rings. The number of hydrogen-bond donors (Lipinski definition) is 1. The van der Waals surface area contributed by atoms with Gasteiger partial charge in [0.2, 0.25) is 0 Å². The van der Waals surface area contributed by atoms with E-state index in [1.54, 1.807) is 29.4 Å². The zero-order chi connectivity index (χ0) is 15.2. The summed E-state index contributed by atoms with van der Waals surface area (Å²) in [7, 11) is 5.63. The van der Waals surface area contributed by atoms with Crippen molar-refractivity contribution in [2.45, 2.75) is 26.4 Å². The van der Waals surface area contributed by atoms with Gasteiger partial charge in [0.25, 0.3) is 0 Å². The van der Waals surface area contributed by atoms with E-state index < -0.39 is 0 Å². The summed E-state index contributed by atoms with van der Waals surface area (Å²) < 4.78 is 1.76. The van der Waals surface area contributed by atoms with E-state index in [0.29, 0.717) is 13.1 Å². The number of hydrogen-bond acceptors (Lipinski definition) is 5. The Morgan fingerprint density at radius 2 is 2.33 bits per heavy atom. The van der Waals surface area contributed by atoms with Gasteiger partial charge in [0, 0.05) is 26.5 Å². The molecule has 2 aromatic heterocycles. The second-order valence-corrected chi connectivity index (χ2v) is 5.59. The lowest BCUT2D eigenvalue weighted by Gasteiger charge is -2.21. The molecule has 7 nitrogen and oxygen atoms in total. The van der Waals surface area contributed by atoms with E-state index in [4.69, 9.17) is 0 Å². The first-order valence-corrected chi connectivity index (χ1v) is 7.70. The molecule has 0 unspecified atom stereocenters. The predicted molar refractivity (Wildman–Crippen MR) is 84.2 cm³/mol. The molecule has 0 aromatic carbocycles. The zero-order valence-corrected chi connectivity index (χ0v) is 13.7. The van der Waals surface area contributed by atoms with Crippen LogP contribution in [-0.2, 0) is 26.6 Å². The van der Waals surface area contributed by atoms with E-state index in [1.807, 2.05) is 19.0 Å². The topological polar surface area (TPSA) is 71.2 Å². The summed E-state index contributed by atoms with van der Waals surface area (Å²) in [6, 6.07) is 0. The SMILES string of the molecule is CCc1nc(CNC(=NC)N(C)Cc2ncnn2C)cs1. The molecule has 0 spiro atoms. The van der Waals surface area contributed by atoms with Crippen molar-refractivity contribution in [2.24, 2.45) is 12.0 Å². The quantitative estimate of drug-likeness (QED) is 0.660. The van der Waals surface area contributed by atoms with Gasteiger partial charge in [-0.2, -0.15) is 5.10 Å². The van der Waals surface area contributed by atoms with Crippen LogP contribution in [0.5, 0.6) is 0 Å². The predicted octanol–water partition coefficient (Wildman–Crippen LogP) is 1.04. The molecule has 1 N–H and O–H groups in total. The highest BCUT2D eigenvalue weighted by Gasteiger charge is 2.10. The summed E-state index contributed by atoms with van der Waals surface area (Å²) >= 11 is 1.70. The standard InChI is InChI=1S/C13H21N7S/c1-5-12-18-10(8-21-12)6-15-13(14-2)19(3)7-11-16-9-17-20(11)4/h8-9H,5-7H2,1-4H3,(H,14,15). The van der Waals surface area contributed by atoms with Crippen LogP contribution in [0, 0.1) is 0 Å². The molecule has 0 aliphatic rings. The third-order valence-corrected chi connectivity index (χ3v) is 4.13. The Bertz CT molecular complexity index is 601. The minimum Gasteiger partial charge on any atom is -0.351 e. The molecule has 0 saturated carbocycles. The van der Waals surface area contributed by atoms with E-state index in [9.17, 15) is 0 Å². The van der Waals surface area contributed by atoms with Crippen LogP contribution < -0.4 is 5.32 Å². The van der Waals surface area contributed by atoms with Gasteiger partial charge in [0.05, 0.1) is 23.8 Å². The average molecular weight is 307 g/mol. The monoisotopic (exact) mass is 307 g/mol. The van der Waals surface area contributed by atoms with Gasteiger partial charge in [-0.1, -0.05) is 6.92 Å². The Kier molecular flexibility index (Phi) is 5.26. The lowest BCUT2D eigenvalue weighted by molar-refractivity contribution is 0.448. The summed E-state index contributed by atoms with van der Waals surface area (Å²) in [5.41, 5.74) is 1.05. The normalized spacial score (nSPS) is 11.7. The number of nitrogens with zero attached hydrogens (tertiary/aromatic N) is 6. The first-order chi connectivity index (χ1) is 10.1. The maximum atomic E-state index is 4.54. The van der Waals surface area contributed by atoms with E-state index >= 15 is 0 Å². The molecule has 0 aliphatic heterocycles. The molecule has 0 amide bonds. The van der Waals surface area contributed by atoms with Crippen molar-refractivity contribution >= 4 is 17.3 Å². The minimum atomic E-state index is 0.646. The molecule has 8 heteroatoms. The molecule has 2 rings (SSSR count). The zero-order valence-electron chi connectivity index (χ0n) is 12.9. The van der Waals surface area contributed by atoms with Crippen molar-refractivity contribution < 1.29 is 0 Å². The number of nitrogens with one attached hydrogen (secondary N) is 1. The minimum absolute atomic E-state index is 0.646. The molecule has 2 heterocycles. The number of aliphatic imine (C=N–C) groups is 1. The highest BCUT2D eigenvalue weighted by molar-refractivity contribution is 7.09. The van der Waals surface area contributed by atoms with Gasteiger partial charge in [0.15, 0.2) is 5.96 Å². The maximum Gasteiger partial charge on any atom is 0.194 e. The molecule has 0 bridgehead atoms. The van der Waals surface area contributed by atoms with Crippen molar-refractivity contribution in [1.82, 2.24) is 30.0 Å². The van der Waals surface area contributed by atoms with Crippen molar-refractivity contribution in [1.29, 1.82) is 0 Å². The Morgan fingerprint density at radius 3 is 2.90 bits per heavy atom. The summed E-state index contributed by atoms with van der Waals surface area (Å²) in [5, 5.41) is 10.6. The van der Waals surface area contributed by atoms with Crippen LogP contribution >= 0.6 is 11.3 Å². The second kappa shape index (κ2) is 7.16. The summed E-state index contributed by atoms with van der Waals surface area (Å²) in [4.78, 5) is 15.1. The molecular weight excluding hydrogens is 286 g/mol. The van der Waals surface area contributed by atoms with E-state index in [2.05, 4.69) is 37.7 Å². The highest BCUT2D eigenvalue weighted by Crippen LogP contribution is 2.10. The van der Waals surface area contributed by atoms with Crippen molar-refractivity contribution in [3.63, 3.8) is 0 Å². The third kappa shape index (κ3) is 4.01. The molecule has 2 aromatic rings. The average Bonchev–Trinajstić information content (AvgIpc) is 3.09. The second-order valence-electron chi connectivity index (χ2n) is 4.64. The number of thiazole rings is 1. The van der Waals surface area contributed by atoms with E-state index in [-0.39, 0.29) is 0 Å². The molecular formula is C13H21N7S. The molecule has 21 heavy (non-hydrogen) atoms. The van der Waals surface area contributed by atoms with E-state index in [0.717, 1.165) is 28.9 Å². The number of aromatic nitrogens is 4. The lowest BCUT2D eigenvalue weighted by Crippen LogP contribution is -2.38. The number of guanidine groups is 1. The van der Waals surface area contributed by atoms with Crippen LogP contribution in [0.2, 0.25) is 0 Å². The van der Waals surface area contributed by atoms with Gasteiger partial charge in [-0.05, 0) is 6.42 Å². The maximum absolute atomic E-state index is 4.54. The molecule has 0 aliphatic carbocycles. The van der Waals surface area contributed by atoms with Gasteiger partial charge < -0.3 is 10.2 Å². The van der Waals surface area contributed by atoms with Crippen LogP contribution in [0.3, 0.4) is 0 Å². The Hall–Kier alpha value is -1.96.